The van der Waals surface area contributed by atoms with Crippen LogP contribution in [0.2, 0.25) is 10.0 Å². The van der Waals surface area contributed by atoms with Crippen molar-refractivity contribution in [1.29, 1.82) is 0 Å². The SMILES string of the molecule is C=CCON1CCN=C1Nc1c(Cl)cccc1Cl.Cl. The molecule has 1 aliphatic rings. The van der Waals surface area contributed by atoms with Crippen molar-refractivity contribution in [2.75, 3.05) is 25.0 Å². The van der Waals surface area contributed by atoms with Gasteiger partial charge < -0.3 is 5.32 Å². The zero-order valence-corrected chi connectivity index (χ0v) is 12.4. The maximum Gasteiger partial charge on any atom is 0.223 e. The molecule has 1 aliphatic heterocycles. The third-order valence-electron chi connectivity index (χ3n) is 2.35. The van der Waals surface area contributed by atoms with Crippen molar-refractivity contribution >= 4 is 47.3 Å². The number of halogens is 3. The lowest BCUT2D eigenvalue weighted by Crippen LogP contribution is -2.33. The van der Waals surface area contributed by atoms with Gasteiger partial charge in [-0.15, -0.1) is 19.0 Å². The van der Waals surface area contributed by atoms with Gasteiger partial charge in [-0.1, -0.05) is 35.3 Å². The fourth-order valence-corrected chi connectivity index (χ4v) is 2.02. The topological polar surface area (TPSA) is 36.9 Å². The summed E-state index contributed by atoms with van der Waals surface area (Å²) in [6, 6.07) is 5.32. The second-order valence-corrected chi connectivity index (χ2v) is 4.43. The first kappa shape index (κ1) is 16.1. The van der Waals surface area contributed by atoms with Crippen molar-refractivity contribution in [2.45, 2.75) is 0 Å². The van der Waals surface area contributed by atoms with Crippen molar-refractivity contribution in [3.8, 4) is 0 Å². The normalized spacial score (nSPS) is 13.8. The number of aliphatic imine (C=N–C) groups is 1. The van der Waals surface area contributed by atoms with Gasteiger partial charge in [0, 0.05) is 0 Å². The minimum Gasteiger partial charge on any atom is -0.322 e. The smallest absolute Gasteiger partial charge is 0.223 e. The quantitative estimate of drug-likeness (QED) is 0.860. The highest BCUT2D eigenvalue weighted by Gasteiger charge is 2.19. The second kappa shape index (κ2) is 7.60. The van der Waals surface area contributed by atoms with Gasteiger partial charge in [0.25, 0.3) is 0 Å². The number of hydroxylamine groups is 2. The van der Waals surface area contributed by atoms with E-state index in [-0.39, 0.29) is 12.4 Å². The van der Waals surface area contributed by atoms with E-state index >= 15 is 0 Å². The van der Waals surface area contributed by atoms with Crippen LogP contribution in [0.1, 0.15) is 0 Å². The van der Waals surface area contributed by atoms with Crippen LogP contribution < -0.4 is 5.32 Å². The zero-order chi connectivity index (χ0) is 13.0. The van der Waals surface area contributed by atoms with Crippen LogP contribution in [0, 0.1) is 0 Å². The first-order chi connectivity index (χ1) is 8.72. The van der Waals surface area contributed by atoms with Gasteiger partial charge in [-0.2, -0.15) is 0 Å². The third-order valence-corrected chi connectivity index (χ3v) is 2.98. The lowest BCUT2D eigenvalue weighted by Gasteiger charge is -2.20. The fourth-order valence-electron chi connectivity index (χ4n) is 1.53. The van der Waals surface area contributed by atoms with Crippen LogP contribution in [0.15, 0.2) is 35.8 Å². The van der Waals surface area contributed by atoms with Gasteiger partial charge in [0.2, 0.25) is 5.96 Å². The highest BCUT2D eigenvalue weighted by Crippen LogP contribution is 2.30. The predicted octanol–water partition coefficient (Wildman–Crippen LogP) is 3.62. The van der Waals surface area contributed by atoms with Crippen molar-refractivity contribution in [3.63, 3.8) is 0 Å². The Kier molecular flexibility index (Phi) is 6.45. The van der Waals surface area contributed by atoms with Gasteiger partial charge in [-0.25, -0.2) is 10.1 Å². The molecule has 1 N–H and O–H groups in total. The highest BCUT2D eigenvalue weighted by molar-refractivity contribution is 6.39. The molecule has 0 unspecified atom stereocenters. The summed E-state index contributed by atoms with van der Waals surface area (Å²) in [5, 5.41) is 5.84. The summed E-state index contributed by atoms with van der Waals surface area (Å²) in [7, 11) is 0. The molecule has 0 spiro atoms. The lowest BCUT2D eigenvalue weighted by atomic mass is 10.3. The Bertz CT molecular complexity index is 459. The molecule has 0 saturated carbocycles. The van der Waals surface area contributed by atoms with Crippen LogP contribution in [0.4, 0.5) is 5.69 Å². The molecular formula is C12H14Cl3N3O. The molecule has 1 aromatic rings. The molecule has 4 nitrogen and oxygen atoms in total. The number of para-hydroxylation sites is 1. The predicted molar refractivity (Wildman–Crippen MR) is 82.5 cm³/mol. The molecule has 0 aromatic heterocycles. The number of nitrogens with zero attached hydrogens (tertiary/aromatic N) is 2. The monoisotopic (exact) mass is 321 g/mol. The van der Waals surface area contributed by atoms with Gasteiger partial charge in [0.15, 0.2) is 0 Å². The maximum absolute atomic E-state index is 6.08. The molecule has 0 fully saturated rings. The molecule has 2 rings (SSSR count). The molecule has 104 valence electrons. The number of nitrogens with one attached hydrogen (secondary N) is 1. The van der Waals surface area contributed by atoms with Gasteiger partial charge in [-0.05, 0) is 12.1 Å². The molecule has 7 heteroatoms. The molecule has 0 atom stereocenters. The van der Waals surface area contributed by atoms with E-state index in [0.29, 0.717) is 41.4 Å². The lowest BCUT2D eigenvalue weighted by molar-refractivity contribution is -0.0765. The van der Waals surface area contributed by atoms with E-state index in [1.54, 1.807) is 29.3 Å². The van der Waals surface area contributed by atoms with Crippen LogP contribution in [0.25, 0.3) is 0 Å². The van der Waals surface area contributed by atoms with Gasteiger partial charge in [0.1, 0.15) is 0 Å². The summed E-state index contributed by atoms with van der Waals surface area (Å²) < 4.78 is 0. The Hall–Kier alpha value is -0.940. The van der Waals surface area contributed by atoms with Crippen LogP contribution in [0.3, 0.4) is 0 Å². The number of hydrogen-bond donors (Lipinski definition) is 1. The summed E-state index contributed by atoms with van der Waals surface area (Å²) in [6.45, 7) is 5.39. The van der Waals surface area contributed by atoms with Crippen LogP contribution >= 0.6 is 35.6 Å². The van der Waals surface area contributed by atoms with Crippen LogP contribution in [-0.2, 0) is 4.84 Å². The standard InChI is InChI=1S/C12H13Cl2N3O.ClH/c1-2-8-18-17-7-6-15-12(17)16-11-9(13)4-3-5-10(11)14;/h2-5H,1,6-8H2,(H,15,16);1H. The van der Waals surface area contributed by atoms with E-state index in [0.717, 1.165) is 0 Å². The van der Waals surface area contributed by atoms with E-state index in [4.69, 9.17) is 28.0 Å². The summed E-state index contributed by atoms with van der Waals surface area (Å²) in [5.74, 6) is 0.604. The van der Waals surface area contributed by atoms with E-state index in [9.17, 15) is 0 Å². The van der Waals surface area contributed by atoms with Gasteiger partial charge >= 0.3 is 0 Å². The maximum atomic E-state index is 6.08. The number of anilines is 1. The zero-order valence-electron chi connectivity index (χ0n) is 10.1. The minimum absolute atomic E-state index is 0. The molecule has 19 heavy (non-hydrogen) atoms. The summed E-state index contributed by atoms with van der Waals surface area (Å²) in [5.41, 5.74) is 0.633. The van der Waals surface area contributed by atoms with E-state index in [2.05, 4.69) is 16.9 Å². The molecule has 0 saturated heterocycles. The van der Waals surface area contributed by atoms with E-state index in [1.807, 2.05) is 0 Å². The highest BCUT2D eigenvalue weighted by atomic mass is 35.5. The summed E-state index contributed by atoms with van der Waals surface area (Å²) in [6.07, 6.45) is 1.68. The molecule has 0 amide bonds. The minimum atomic E-state index is 0. The Balaban J connectivity index is 0.00000180. The number of rotatable bonds is 4. The molecular weight excluding hydrogens is 309 g/mol. The number of guanidine groups is 1. The van der Waals surface area contributed by atoms with Gasteiger partial charge in [-0.3, -0.25) is 4.84 Å². The molecule has 0 bridgehead atoms. The van der Waals surface area contributed by atoms with Crippen LogP contribution in [-0.4, -0.2) is 30.7 Å². The molecule has 0 radical (unpaired) electrons. The molecule has 1 aromatic carbocycles. The Morgan fingerprint density at radius 1 is 1.42 bits per heavy atom. The molecule has 0 aliphatic carbocycles. The molecule has 1 heterocycles. The first-order valence-corrected chi connectivity index (χ1v) is 6.25. The second-order valence-electron chi connectivity index (χ2n) is 3.61. The van der Waals surface area contributed by atoms with Crippen molar-refractivity contribution in [1.82, 2.24) is 5.06 Å². The van der Waals surface area contributed by atoms with Crippen LogP contribution in [0.5, 0.6) is 0 Å². The fraction of sp³-hybridized carbons (Fsp3) is 0.250. The average molecular weight is 323 g/mol. The van der Waals surface area contributed by atoms with Crippen molar-refractivity contribution < 1.29 is 4.84 Å². The Morgan fingerprint density at radius 3 is 2.74 bits per heavy atom. The van der Waals surface area contributed by atoms with E-state index < -0.39 is 0 Å². The van der Waals surface area contributed by atoms with E-state index in [1.165, 1.54) is 0 Å². The summed E-state index contributed by atoms with van der Waals surface area (Å²) in [4.78, 5) is 9.75. The first-order valence-electron chi connectivity index (χ1n) is 5.49. The van der Waals surface area contributed by atoms with Gasteiger partial charge in [0.05, 0.1) is 35.4 Å². The summed E-state index contributed by atoms with van der Waals surface area (Å²) >= 11 is 12.2. The Labute approximate surface area is 128 Å². The Morgan fingerprint density at radius 2 is 2.11 bits per heavy atom. The number of hydrogen-bond acceptors (Lipinski definition) is 4. The van der Waals surface area contributed by atoms with Crippen molar-refractivity contribution in [2.24, 2.45) is 4.99 Å². The number of benzene rings is 1. The van der Waals surface area contributed by atoms with Crippen molar-refractivity contribution in [3.05, 3.63) is 40.9 Å². The largest absolute Gasteiger partial charge is 0.322 e. The average Bonchev–Trinajstić information content (AvgIpc) is 2.79. The third kappa shape index (κ3) is 4.01.